The summed E-state index contributed by atoms with van der Waals surface area (Å²) in [7, 11) is 2.18. The zero-order valence-corrected chi connectivity index (χ0v) is 21.1. The van der Waals surface area contributed by atoms with Crippen LogP contribution in [0.15, 0.2) is 42.5 Å². The second-order valence-electron chi connectivity index (χ2n) is 11.6. The highest BCUT2D eigenvalue weighted by atomic mass is 14.7. The standard InChI is InChI=1S/C32H40BN/c33-31-21-28-17-25(22-13-7-8-14-22)15-16-30(28)32(34-31)29-19-26(23-9-3-1-4-10-23)18-27(20-29)24-11-5-2-6-12-24/h15-24H,1-14,33H2. The van der Waals surface area contributed by atoms with Crippen molar-refractivity contribution in [2.45, 2.75) is 108 Å². The quantitative estimate of drug-likeness (QED) is 0.369. The molecule has 3 aliphatic rings. The Hall–Kier alpha value is -2.09. The molecule has 34 heavy (non-hydrogen) atoms. The smallest absolute Gasteiger partial charge is 0.163 e. The number of hydrogen-bond donors (Lipinski definition) is 0. The molecule has 0 radical (unpaired) electrons. The van der Waals surface area contributed by atoms with Crippen LogP contribution < -0.4 is 5.59 Å². The predicted molar refractivity (Wildman–Crippen MR) is 148 cm³/mol. The first kappa shape index (κ1) is 22.4. The van der Waals surface area contributed by atoms with E-state index < -0.39 is 0 Å². The molecule has 0 bridgehead atoms. The normalized spacial score (nSPS) is 20.8. The third kappa shape index (κ3) is 4.58. The average Bonchev–Trinajstić information content (AvgIpc) is 3.44. The minimum absolute atomic E-state index is 0.737. The van der Waals surface area contributed by atoms with Crippen LogP contribution in [0, 0.1) is 0 Å². The first-order valence-electron chi connectivity index (χ1n) is 14.3. The van der Waals surface area contributed by atoms with E-state index in [1.807, 2.05) is 0 Å². The van der Waals surface area contributed by atoms with E-state index in [-0.39, 0.29) is 0 Å². The second-order valence-corrected chi connectivity index (χ2v) is 11.6. The van der Waals surface area contributed by atoms with Crippen LogP contribution in [0.1, 0.15) is 124 Å². The Morgan fingerprint density at radius 2 is 1.09 bits per heavy atom. The highest BCUT2D eigenvalue weighted by molar-refractivity contribution is 6.32. The first-order valence-corrected chi connectivity index (χ1v) is 14.3. The van der Waals surface area contributed by atoms with Crippen molar-refractivity contribution in [3.05, 3.63) is 59.2 Å². The molecule has 0 saturated heterocycles. The van der Waals surface area contributed by atoms with Crippen molar-refractivity contribution in [2.24, 2.45) is 0 Å². The third-order valence-electron chi connectivity index (χ3n) is 9.21. The number of benzene rings is 2. The van der Waals surface area contributed by atoms with Crippen molar-refractivity contribution in [3.63, 3.8) is 0 Å². The third-order valence-corrected chi connectivity index (χ3v) is 9.21. The maximum absolute atomic E-state index is 5.17. The van der Waals surface area contributed by atoms with Gasteiger partial charge in [-0.2, -0.15) is 0 Å². The lowest BCUT2D eigenvalue weighted by atomic mass is 9.78. The molecule has 2 aromatic carbocycles. The maximum atomic E-state index is 5.17. The molecule has 3 saturated carbocycles. The molecular formula is C32H40BN. The summed E-state index contributed by atoms with van der Waals surface area (Å²) in [6, 6.07) is 17.2. The van der Waals surface area contributed by atoms with E-state index >= 15 is 0 Å². The van der Waals surface area contributed by atoms with Gasteiger partial charge in [-0.15, -0.1) is 0 Å². The van der Waals surface area contributed by atoms with Crippen molar-refractivity contribution in [2.75, 3.05) is 0 Å². The fourth-order valence-electron chi connectivity index (χ4n) is 7.30. The summed E-state index contributed by atoms with van der Waals surface area (Å²) < 4.78 is 0. The van der Waals surface area contributed by atoms with Crippen molar-refractivity contribution in [3.8, 4) is 11.3 Å². The van der Waals surface area contributed by atoms with Gasteiger partial charge in [0, 0.05) is 10.9 Å². The molecule has 0 N–H and O–H groups in total. The van der Waals surface area contributed by atoms with Crippen LogP contribution in [0.3, 0.4) is 0 Å². The molecule has 0 aliphatic heterocycles. The molecule has 2 heteroatoms. The van der Waals surface area contributed by atoms with E-state index in [1.54, 1.807) is 16.7 Å². The Morgan fingerprint density at radius 1 is 0.559 bits per heavy atom. The van der Waals surface area contributed by atoms with Gasteiger partial charge in [0.15, 0.2) is 7.85 Å². The van der Waals surface area contributed by atoms with E-state index in [9.17, 15) is 0 Å². The molecule has 3 fully saturated rings. The van der Waals surface area contributed by atoms with Crippen molar-refractivity contribution < 1.29 is 0 Å². The summed E-state index contributed by atoms with van der Waals surface area (Å²) in [5, 5.41) is 2.72. The summed E-state index contributed by atoms with van der Waals surface area (Å²) in [5.74, 6) is 2.23. The fraction of sp³-hybridized carbons (Fsp3) is 0.531. The molecule has 0 unspecified atom stereocenters. The molecule has 0 atom stereocenters. The Bertz CT molecular complexity index is 1110. The van der Waals surface area contributed by atoms with Crippen molar-refractivity contribution in [1.29, 1.82) is 0 Å². The van der Waals surface area contributed by atoms with E-state index in [2.05, 4.69) is 50.3 Å². The largest absolute Gasteiger partial charge is 0.263 e. The fourth-order valence-corrected chi connectivity index (χ4v) is 7.30. The number of hydrogen-bond acceptors (Lipinski definition) is 1. The molecule has 176 valence electrons. The molecule has 0 amide bonds. The van der Waals surface area contributed by atoms with Gasteiger partial charge >= 0.3 is 0 Å². The molecule has 3 aliphatic carbocycles. The molecule has 3 aromatic rings. The Kier molecular flexibility index (Phi) is 6.50. The predicted octanol–water partition coefficient (Wildman–Crippen LogP) is 7.91. The highest BCUT2D eigenvalue weighted by Crippen LogP contribution is 2.41. The van der Waals surface area contributed by atoms with Crippen molar-refractivity contribution in [1.82, 2.24) is 4.98 Å². The van der Waals surface area contributed by atoms with Crippen LogP contribution >= 0.6 is 0 Å². The van der Waals surface area contributed by atoms with Gasteiger partial charge in [0.1, 0.15) is 0 Å². The van der Waals surface area contributed by atoms with Crippen molar-refractivity contribution >= 4 is 24.2 Å². The van der Waals surface area contributed by atoms with Gasteiger partial charge in [-0.05, 0) is 102 Å². The van der Waals surface area contributed by atoms with Gasteiger partial charge in [0.25, 0.3) is 0 Å². The van der Waals surface area contributed by atoms with Gasteiger partial charge in [-0.25, -0.2) is 0 Å². The van der Waals surface area contributed by atoms with Gasteiger partial charge < -0.3 is 0 Å². The van der Waals surface area contributed by atoms with Crippen LogP contribution in [-0.4, -0.2) is 12.8 Å². The average molecular weight is 449 g/mol. The van der Waals surface area contributed by atoms with Crippen LogP contribution in [0.5, 0.6) is 0 Å². The lowest BCUT2D eigenvalue weighted by Gasteiger charge is -2.27. The number of rotatable bonds is 4. The zero-order chi connectivity index (χ0) is 22.9. The molecule has 6 rings (SSSR count). The lowest BCUT2D eigenvalue weighted by molar-refractivity contribution is 0.435. The molecule has 1 heterocycles. The SMILES string of the molecule is Bc1cc2cc(C3CCCC3)ccc2c(-c2cc(C3CCCCC3)cc(C3CCCCC3)c2)n1. The monoisotopic (exact) mass is 449 g/mol. The van der Waals surface area contributed by atoms with E-state index in [4.69, 9.17) is 4.98 Å². The number of nitrogens with zero attached hydrogens (tertiary/aromatic N) is 1. The Labute approximate surface area is 207 Å². The molecular weight excluding hydrogens is 409 g/mol. The van der Waals surface area contributed by atoms with Gasteiger partial charge in [-0.3, -0.25) is 4.98 Å². The topological polar surface area (TPSA) is 12.9 Å². The first-order chi connectivity index (χ1) is 16.7. The van der Waals surface area contributed by atoms with E-state index in [0.29, 0.717) is 0 Å². The highest BCUT2D eigenvalue weighted by Gasteiger charge is 2.23. The number of fused-ring (bicyclic) bond motifs is 1. The minimum atomic E-state index is 0.737. The van der Waals surface area contributed by atoms with Gasteiger partial charge in [0.2, 0.25) is 0 Å². The van der Waals surface area contributed by atoms with Crippen LogP contribution in [-0.2, 0) is 0 Å². The minimum Gasteiger partial charge on any atom is -0.263 e. The van der Waals surface area contributed by atoms with Crippen LogP contribution in [0.25, 0.3) is 22.0 Å². The summed E-state index contributed by atoms with van der Waals surface area (Å²) >= 11 is 0. The maximum Gasteiger partial charge on any atom is 0.163 e. The van der Waals surface area contributed by atoms with Crippen LogP contribution in [0.2, 0.25) is 0 Å². The summed E-state index contributed by atoms with van der Waals surface area (Å²) in [6.07, 6.45) is 19.3. The van der Waals surface area contributed by atoms with Crippen LogP contribution in [0.4, 0.5) is 0 Å². The molecule has 0 spiro atoms. The van der Waals surface area contributed by atoms with Gasteiger partial charge in [-0.1, -0.05) is 75.6 Å². The van der Waals surface area contributed by atoms with E-state index in [1.165, 1.54) is 112 Å². The summed E-state index contributed by atoms with van der Waals surface area (Å²) in [6.45, 7) is 0. The Balaban J connectivity index is 1.46. The molecule has 1 aromatic heterocycles. The molecule has 1 nitrogen and oxygen atoms in total. The Morgan fingerprint density at radius 3 is 1.68 bits per heavy atom. The van der Waals surface area contributed by atoms with E-state index in [0.717, 1.165) is 23.3 Å². The summed E-state index contributed by atoms with van der Waals surface area (Å²) in [4.78, 5) is 5.17. The second kappa shape index (κ2) is 9.88. The number of pyridine rings is 1. The summed E-state index contributed by atoms with van der Waals surface area (Å²) in [5.41, 5.74) is 8.45. The lowest BCUT2D eigenvalue weighted by Crippen LogP contribution is -2.11. The zero-order valence-electron chi connectivity index (χ0n) is 21.1. The number of aromatic nitrogens is 1. The van der Waals surface area contributed by atoms with Gasteiger partial charge in [0.05, 0.1) is 5.69 Å².